The number of nitrogens with two attached hydrogens (primary N) is 1. The molecule has 2 atom stereocenters. The molecule has 0 radical (unpaired) electrons. The Bertz CT molecular complexity index is 500. The van der Waals surface area contributed by atoms with Gasteiger partial charge in [0.2, 0.25) is 0 Å². The summed E-state index contributed by atoms with van der Waals surface area (Å²) < 4.78 is 0. The number of hydrogen-bond acceptors (Lipinski definition) is 7. The highest BCUT2D eigenvalue weighted by atomic mass is 16.4. The number of nitrogens with zero attached hydrogens (tertiary/aromatic N) is 3. The minimum Gasteiger partial charge on any atom is -0.480 e. The summed E-state index contributed by atoms with van der Waals surface area (Å²) in [6.45, 7) is 6.59. The van der Waals surface area contributed by atoms with Gasteiger partial charge in [0.25, 0.3) is 0 Å². The fourth-order valence-corrected chi connectivity index (χ4v) is 3.76. The maximum Gasteiger partial charge on any atom is 0.317 e. The van der Waals surface area contributed by atoms with E-state index < -0.39 is 11.9 Å². The van der Waals surface area contributed by atoms with Crippen molar-refractivity contribution in [3.05, 3.63) is 12.2 Å². The van der Waals surface area contributed by atoms with Gasteiger partial charge in [-0.15, -0.1) is 0 Å². The maximum absolute atomic E-state index is 11.2. The van der Waals surface area contributed by atoms with Crippen LogP contribution in [-0.4, -0.2) is 115 Å². The van der Waals surface area contributed by atoms with Gasteiger partial charge in [-0.3, -0.25) is 19.4 Å². The lowest BCUT2D eigenvalue weighted by Crippen LogP contribution is -2.47. The van der Waals surface area contributed by atoms with Crippen LogP contribution in [0.2, 0.25) is 0 Å². The van der Waals surface area contributed by atoms with Gasteiger partial charge in [-0.2, -0.15) is 0 Å². The van der Waals surface area contributed by atoms with Crippen molar-refractivity contribution in [2.75, 3.05) is 72.0 Å². The molecule has 160 valence electrons. The Hall–Kier alpha value is -1.52. The van der Waals surface area contributed by atoms with Gasteiger partial charge in [-0.25, -0.2) is 0 Å². The van der Waals surface area contributed by atoms with Crippen molar-refractivity contribution in [1.82, 2.24) is 20.0 Å². The molecule has 2 rings (SSSR count). The van der Waals surface area contributed by atoms with Gasteiger partial charge in [-0.1, -0.05) is 12.2 Å². The first-order chi connectivity index (χ1) is 13.4. The average molecular weight is 398 g/mol. The number of rotatable bonds is 6. The monoisotopic (exact) mass is 397 g/mol. The van der Waals surface area contributed by atoms with E-state index in [0.29, 0.717) is 45.2 Å². The first-order valence-corrected chi connectivity index (χ1v) is 10.2. The van der Waals surface area contributed by atoms with Crippen LogP contribution < -0.4 is 11.1 Å². The zero-order valence-corrected chi connectivity index (χ0v) is 16.6. The van der Waals surface area contributed by atoms with Gasteiger partial charge in [-0.05, 0) is 18.8 Å². The molecular formula is C19H35N5O4. The molecule has 0 aromatic heterocycles. The lowest BCUT2D eigenvalue weighted by atomic mass is 9.93. The van der Waals surface area contributed by atoms with E-state index in [2.05, 4.69) is 22.4 Å². The molecule has 0 spiro atoms. The third-order valence-electron chi connectivity index (χ3n) is 5.39. The molecule has 1 heterocycles. The van der Waals surface area contributed by atoms with Crippen molar-refractivity contribution in [3.8, 4) is 0 Å². The predicted molar refractivity (Wildman–Crippen MR) is 107 cm³/mol. The zero-order chi connectivity index (χ0) is 20.4. The summed E-state index contributed by atoms with van der Waals surface area (Å²) in [5, 5.41) is 21.6. The second-order valence-electron chi connectivity index (χ2n) is 7.78. The van der Waals surface area contributed by atoms with Crippen LogP contribution in [-0.2, 0) is 9.59 Å². The highest BCUT2D eigenvalue weighted by Crippen LogP contribution is 2.18. The van der Waals surface area contributed by atoms with Gasteiger partial charge in [0.05, 0.1) is 13.1 Å². The molecule has 5 N–H and O–H groups in total. The van der Waals surface area contributed by atoms with Gasteiger partial charge >= 0.3 is 11.9 Å². The molecule has 1 saturated heterocycles. The van der Waals surface area contributed by atoms with Crippen LogP contribution in [0, 0.1) is 5.92 Å². The zero-order valence-electron chi connectivity index (χ0n) is 16.6. The third-order valence-corrected chi connectivity index (χ3v) is 5.39. The van der Waals surface area contributed by atoms with E-state index in [1.165, 1.54) is 0 Å². The van der Waals surface area contributed by atoms with E-state index in [0.717, 1.165) is 32.5 Å². The Balaban J connectivity index is 1.99. The number of nitrogens with one attached hydrogen (secondary N) is 1. The van der Waals surface area contributed by atoms with Crippen LogP contribution >= 0.6 is 0 Å². The number of carboxylic acid groups (broad SMARTS) is 2. The van der Waals surface area contributed by atoms with E-state index >= 15 is 0 Å². The Labute approximate surface area is 167 Å². The molecule has 9 nitrogen and oxygen atoms in total. The summed E-state index contributed by atoms with van der Waals surface area (Å²) in [4.78, 5) is 28.6. The summed E-state index contributed by atoms with van der Waals surface area (Å²) in [5.41, 5.74) is 5.94. The van der Waals surface area contributed by atoms with Crippen LogP contribution in [0.1, 0.15) is 12.8 Å². The fourth-order valence-electron chi connectivity index (χ4n) is 3.76. The van der Waals surface area contributed by atoms with Gasteiger partial charge < -0.3 is 26.2 Å². The van der Waals surface area contributed by atoms with Crippen molar-refractivity contribution < 1.29 is 19.8 Å². The number of hydrogen-bond donors (Lipinski definition) is 4. The summed E-state index contributed by atoms with van der Waals surface area (Å²) in [7, 11) is 0. The minimum absolute atomic E-state index is 0.0405. The van der Waals surface area contributed by atoms with E-state index in [1.807, 2.05) is 9.80 Å². The standard InChI is InChI=1S/C19H35N5O4/c20-17-3-1-16(2-4-17)13-24-11-9-22(14-18(25)26)7-5-21-6-8-23(10-12-24)15-19(27)28/h1,3,16-17,21H,2,4-15,20H2,(H,25,26)(H,27,28). The quantitative estimate of drug-likeness (QED) is 0.416. The topological polar surface area (TPSA) is 122 Å². The van der Waals surface area contributed by atoms with Crippen LogP contribution in [0.5, 0.6) is 0 Å². The molecule has 0 aromatic rings. The molecule has 0 bridgehead atoms. The Morgan fingerprint density at radius 2 is 1.39 bits per heavy atom. The molecule has 0 amide bonds. The normalized spacial score (nSPS) is 27.0. The SMILES string of the molecule is NC1C=CC(CN2CCN(CC(=O)O)CCNCCN(CC(=O)O)CC2)CC1. The second-order valence-corrected chi connectivity index (χ2v) is 7.78. The maximum atomic E-state index is 11.2. The molecule has 0 saturated carbocycles. The number of carbonyl (C=O) groups is 2. The van der Waals surface area contributed by atoms with E-state index in [1.54, 1.807) is 0 Å². The van der Waals surface area contributed by atoms with Gasteiger partial charge in [0, 0.05) is 64.9 Å². The first kappa shape index (κ1) is 22.8. The van der Waals surface area contributed by atoms with Crippen molar-refractivity contribution in [2.45, 2.75) is 18.9 Å². The Morgan fingerprint density at radius 3 is 1.86 bits per heavy atom. The van der Waals surface area contributed by atoms with Gasteiger partial charge in [0.1, 0.15) is 0 Å². The van der Waals surface area contributed by atoms with E-state index in [-0.39, 0.29) is 19.1 Å². The van der Waals surface area contributed by atoms with Crippen molar-refractivity contribution in [1.29, 1.82) is 0 Å². The smallest absolute Gasteiger partial charge is 0.317 e. The lowest BCUT2D eigenvalue weighted by molar-refractivity contribution is -0.139. The summed E-state index contributed by atoms with van der Waals surface area (Å²) >= 11 is 0. The Kier molecular flexibility index (Phi) is 9.86. The predicted octanol–water partition coefficient (Wildman–Crippen LogP) is -1.04. The Morgan fingerprint density at radius 1 is 0.857 bits per heavy atom. The molecule has 2 unspecified atom stereocenters. The molecule has 2 aliphatic rings. The van der Waals surface area contributed by atoms with Gasteiger partial charge in [0.15, 0.2) is 0 Å². The average Bonchev–Trinajstić information content (AvgIpc) is 2.62. The second kappa shape index (κ2) is 12.1. The molecule has 1 aliphatic heterocycles. The van der Waals surface area contributed by atoms with Crippen LogP contribution in [0.25, 0.3) is 0 Å². The van der Waals surface area contributed by atoms with Crippen molar-refractivity contribution in [3.63, 3.8) is 0 Å². The number of carboxylic acids is 2. The fraction of sp³-hybridized carbons (Fsp3) is 0.789. The summed E-state index contributed by atoms with van der Waals surface area (Å²) in [5.74, 6) is -1.18. The van der Waals surface area contributed by atoms with Crippen LogP contribution in [0.3, 0.4) is 0 Å². The molecule has 28 heavy (non-hydrogen) atoms. The van der Waals surface area contributed by atoms with E-state index in [9.17, 15) is 9.59 Å². The molecule has 1 aliphatic carbocycles. The number of aliphatic carboxylic acids is 2. The third kappa shape index (κ3) is 9.11. The lowest BCUT2D eigenvalue weighted by Gasteiger charge is -2.33. The molecule has 1 fully saturated rings. The molecule has 0 aromatic carbocycles. The highest BCUT2D eigenvalue weighted by Gasteiger charge is 2.20. The first-order valence-electron chi connectivity index (χ1n) is 10.2. The van der Waals surface area contributed by atoms with Crippen LogP contribution in [0.4, 0.5) is 0 Å². The molecule has 9 heteroatoms. The van der Waals surface area contributed by atoms with Crippen LogP contribution in [0.15, 0.2) is 12.2 Å². The van der Waals surface area contributed by atoms with Crippen molar-refractivity contribution >= 4 is 11.9 Å². The van der Waals surface area contributed by atoms with E-state index in [4.69, 9.17) is 15.9 Å². The summed E-state index contributed by atoms with van der Waals surface area (Å²) in [6.07, 6.45) is 6.30. The van der Waals surface area contributed by atoms with Crippen molar-refractivity contribution in [2.24, 2.45) is 11.7 Å². The summed E-state index contributed by atoms with van der Waals surface area (Å²) in [6, 6.07) is 0.146. The molecular weight excluding hydrogens is 362 g/mol. The minimum atomic E-state index is -0.810. The largest absolute Gasteiger partial charge is 0.480 e. The highest BCUT2D eigenvalue weighted by molar-refractivity contribution is 5.69.